The lowest BCUT2D eigenvalue weighted by Crippen LogP contribution is -2.51. The van der Waals surface area contributed by atoms with Crippen molar-refractivity contribution in [2.45, 2.75) is 44.2 Å². The number of carbonyl (C=O) groups excluding carboxylic acids is 2. The largest absolute Gasteiger partial charge is 0.467 e. The van der Waals surface area contributed by atoms with Gasteiger partial charge in [0, 0.05) is 6.54 Å². The summed E-state index contributed by atoms with van der Waals surface area (Å²) in [5.74, 6) is -0.218. The molecule has 2 aliphatic rings. The van der Waals surface area contributed by atoms with Gasteiger partial charge in [-0.15, -0.1) is 0 Å². The van der Waals surface area contributed by atoms with Gasteiger partial charge in [-0.3, -0.25) is 4.79 Å². The minimum Gasteiger partial charge on any atom is -0.467 e. The molecule has 2 aliphatic heterocycles. The molecule has 2 rings (SSSR count). The van der Waals surface area contributed by atoms with Crippen LogP contribution in [0.4, 0.5) is 0 Å². The Hall–Kier alpha value is -1.10. The molecule has 0 radical (unpaired) electrons. The van der Waals surface area contributed by atoms with Crippen molar-refractivity contribution >= 4 is 11.9 Å². The Morgan fingerprint density at radius 2 is 2.06 bits per heavy atom. The van der Waals surface area contributed by atoms with E-state index in [1.54, 1.807) is 4.90 Å². The lowest BCUT2D eigenvalue weighted by atomic mass is 10.0. The molecule has 0 bridgehead atoms. The van der Waals surface area contributed by atoms with Crippen LogP contribution in [0.1, 0.15) is 32.1 Å². The first kappa shape index (κ1) is 12.4. The molecule has 1 N–H and O–H groups in total. The number of nitrogens with zero attached hydrogens (tertiary/aromatic N) is 1. The zero-order valence-electron chi connectivity index (χ0n) is 10.3. The lowest BCUT2D eigenvalue weighted by molar-refractivity contribution is -0.151. The van der Waals surface area contributed by atoms with Crippen molar-refractivity contribution in [3.8, 4) is 0 Å². The van der Waals surface area contributed by atoms with Crippen molar-refractivity contribution in [2.24, 2.45) is 0 Å². The molecule has 0 aromatic heterocycles. The van der Waals surface area contributed by atoms with Gasteiger partial charge in [0.2, 0.25) is 5.91 Å². The average molecular weight is 240 g/mol. The van der Waals surface area contributed by atoms with Gasteiger partial charge < -0.3 is 15.0 Å². The normalized spacial score (nSPS) is 29.1. The second-order valence-corrected chi connectivity index (χ2v) is 4.72. The third kappa shape index (κ3) is 2.60. The standard InChI is InChI=1S/C12H20N2O3/c1-17-12(16)10-6-4-8-14(10)11(15)9-5-2-3-7-13-9/h9-10,13H,2-8H2,1H3/t9-,10?/m1/s1. The number of esters is 1. The van der Waals surface area contributed by atoms with Gasteiger partial charge in [-0.05, 0) is 32.2 Å². The molecule has 17 heavy (non-hydrogen) atoms. The average Bonchev–Trinajstić information content (AvgIpc) is 2.87. The molecule has 0 aliphatic carbocycles. The second-order valence-electron chi connectivity index (χ2n) is 4.72. The van der Waals surface area contributed by atoms with Gasteiger partial charge in [0.15, 0.2) is 0 Å². The first-order valence-electron chi connectivity index (χ1n) is 6.35. The van der Waals surface area contributed by atoms with Crippen LogP contribution in [-0.2, 0) is 14.3 Å². The van der Waals surface area contributed by atoms with Crippen molar-refractivity contribution < 1.29 is 14.3 Å². The number of hydrogen-bond donors (Lipinski definition) is 1. The zero-order valence-corrected chi connectivity index (χ0v) is 10.3. The minimum absolute atomic E-state index is 0.0672. The number of amides is 1. The van der Waals surface area contributed by atoms with Crippen LogP contribution in [0, 0.1) is 0 Å². The van der Waals surface area contributed by atoms with Gasteiger partial charge in [-0.1, -0.05) is 6.42 Å². The van der Waals surface area contributed by atoms with Crippen molar-refractivity contribution in [1.29, 1.82) is 0 Å². The number of ether oxygens (including phenoxy) is 1. The second kappa shape index (κ2) is 5.49. The van der Waals surface area contributed by atoms with Crippen molar-refractivity contribution in [3.05, 3.63) is 0 Å². The molecule has 0 aromatic rings. The van der Waals surface area contributed by atoms with Gasteiger partial charge in [0.1, 0.15) is 6.04 Å². The summed E-state index contributed by atoms with van der Waals surface area (Å²) in [6.45, 7) is 1.57. The van der Waals surface area contributed by atoms with Gasteiger partial charge in [0.05, 0.1) is 13.2 Å². The molecule has 2 fully saturated rings. The van der Waals surface area contributed by atoms with Gasteiger partial charge in [0.25, 0.3) is 0 Å². The van der Waals surface area contributed by atoms with Crippen LogP contribution >= 0.6 is 0 Å². The fraction of sp³-hybridized carbons (Fsp3) is 0.833. The predicted molar refractivity (Wildman–Crippen MR) is 62.4 cm³/mol. The van der Waals surface area contributed by atoms with E-state index < -0.39 is 0 Å². The summed E-state index contributed by atoms with van der Waals surface area (Å²) in [7, 11) is 1.38. The van der Waals surface area contributed by atoms with E-state index in [0.717, 1.165) is 38.6 Å². The molecule has 5 nitrogen and oxygen atoms in total. The van der Waals surface area contributed by atoms with E-state index in [2.05, 4.69) is 5.32 Å². The van der Waals surface area contributed by atoms with Gasteiger partial charge in [-0.25, -0.2) is 4.79 Å². The van der Waals surface area contributed by atoms with E-state index in [9.17, 15) is 9.59 Å². The van der Waals surface area contributed by atoms with E-state index in [4.69, 9.17) is 4.74 Å². The molecule has 1 amide bonds. The fourth-order valence-electron chi connectivity index (χ4n) is 2.67. The first-order valence-corrected chi connectivity index (χ1v) is 6.35. The van der Waals surface area contributed by atoms with Crippen molar-refractivity contribution in [2.75, 3.05) is 20.2 Å². The zero-order chi connectivity index (χ0) is 12.3. The Morgan fingerprint density at radius 3 is 2.71 bits per heavy atom. The summed E-state index contributed by atoms with van der Waals surface area (Å²) in [5.41, 5.74) is 0. The SMILES string of the molecule is COC(=O)C1CCCN1C(=O)[C@H]1CCCCN1. The number of nitrogens with one attached hydrogen (secondary N) is 1. The fourth-order valence-corrected chi connectivity index (χ4v) is 2.67. The van der Waals surface area contributed by atoms with E-state index >= 15 is 0 Å². The molecule has 0 saturated carbocycles. The quantitative estimate of drug-likeness (QED) is 0.705. The third-order valence-electron chi connectivity index (χ3n) is 3.62. The van der Waals surface area contributed by atoms with Crippen molar-refractivity contribution in [3.63, 3.8) is 0 Å². The van der Waals surface area contributed by atoms with Crippen LogP contribution in [-0.4, -0.2) is 49.1 Å². The third-order valence-corrected chi connectivity index (χ3v) is 3.62. The molecular weight excluding hydrogens is 220 g/mol. The smallest absolute Gasteiger partial charge is 0.328 e. The monoisotopic (exact) mass is 240 g/mol. The Morgan fingerprint density at radius 1 is 1.24 bits per heavy atom. The number of hydrogen-bond acceptors (Lipinski definition) is 4. The maximum absolute atomic E-state index is 12.3. The number of carbonyl (C=O) groups is 2. The summed E-state index contributed by atoms with van der Waals surface area (Å²) < 4.78 is 4.75. The molecular formula is C12H20N2O3. The summed E-state index contributed by atoms with van der Waals surface area (Å²) in [4.78, 5) is 25.6. The maximum Gasteiger partial charge on any atom is 0.328 e. The Bertz CT molecular complexity index is 300. The Balaban J connectivity index is 1.99. The van der Waals surface area contributed by atoms with Crippen LogP contribution in [0.2, 0.25) is 0 Å². The number of rotatable bonds is 2. The highest BCUT2D eigenvalue weighted by Gasteiger charge is 2.37. The topological polar surface area (TPSA) is 58.6 Å². The van der Waals surface area contributed by atoms with E-state index in [1.807, 2.05) is 0 Å². The number of likely N-dealkylation sites (tertiary alicyclic amines) is 1. The first-order chi connectivity index (χ1) is 8.24. The highest BCUT2D eigenvalue weighted by molar-refractivity contribution is 5.88. The van der Waals surface area contributed by atoms with Crippen LogP contribution in [0.5, 0.6) is 0 Å². The van der Waals surface area contributed by atoms with Crippen LogP contribution < -0.4 is 5.32 Å². The van der Waals surface area contributed by atoms with Crippen LogP contribution in [0.3, 0.4) is 0 Å². The van der Waals surface area contributed by atoms with Crippen LogP contribution in [0.25, 0.3) is 0 Å². The Labute approximate surface area is 101 Å². The maximum atomic E-state index is 12.3. The predicted octanol–water partition coefficient (Wildman–Crippen LogP) is 0.292. The highest BCUT2D eigenvalue weighted by atomic mass is 16.5. The van der Waals surface area contributed by atoms with E-state index in [1.165, 1.54) is 7.11 Å². The minimum atomic E-state index is -0.365. The molecule has 2 saturated heterocycles. The van der Waals surface area contributed by atoms with Crippen LogP contribution in [0.15, 0.2) is 0 Å². The van der Waals surface area contributed by atoms with E-state index in [0.29, 0.717) is 6.54 Å². The molecule has 2 heterocycles. The van der Waals surface area contributed by atoms with Crippen molar-refractivity contribution in [1.82, 2.24) is 10.2 Å². The van der Waals surface area contributed by atoms with Gasteiger partial charge >= 0.3 is 5.97 Å². The van der Waals surface area contributed by atoms with Gasteiger partial charge in [-0.2, -0.15) is 0 Å². The number of piperidine rings is 1. The molecule has 2 atom stereocenters. The summed E-state index contributed by atoms with van der Waals surface area (Å²) >= 11 is 0. The molecule has 5 heteroatoms. The molecule has 96 valence electrons. The van der Waals surface area contributed by atoms with E-state index in [-0.39, 0.29) is 24.0 Å². The lowest BCUT2D eigenvalue weighted by Gasteiger charge is -2.30. The molecule has 0 spiro atoms. The summed E-state index contributed by atoms with van der Waals surface area (Å²) in [6, 6.07) is -0.467. The molecule has 0 aromatic carbocycles. The summed E-state index contributed by atoms with van der Waals surface area (Å²) in [5, 5.41) is 3.23. The number of methoxy groups -OCH3 is 1. The summed E-state index contributed by atoms with van der Waals surface area (Å²) in [6.07, 6.45) is 4.71. The highest BCUT2D eigenvalue weighted by Crippen LogP contribution is 2.21. The Kier molecular flexibility index (Phi) is 3.99. The molecule has 1 unspecified atom stereocenters.